The maximum atomic E-state index is 13.8. The van der Waals surface area contributed by atoms with E-state index in [-0.39, 0.29) is 22.7 Å². The minimum absolute atomic E-state index is 0.0156. The zero-order valence-corrected chi connectivity index (χ0v) is 18.9. The number of benzene rings is 3. The highest BCUT2D eigenvalue weighted by Gasteiger charge is 2.34. The maximum Gasteiger partial charge on any atom is 0.418 e. The number of carbonyl (C=O) groups is 3. The second-order valence-corrected chi connectivity index (χ2v) is 8.27. The van der Waals surface area contributed by atoms with Crippen molar-refractivity contribution >= 4 is 29.1 Å². The van der Waals surface area contributed by atoms with Gasteiger partial charge in [0.1, 0.15) is 5.82 Å². The van der Waals surface area contributed by atoms with Gasteiger partial charge < -0.3 is 15.5 Å². The van der Waals surface area contributed by atoms with Crippen molar-refractivity contribution in [3.63, 3.8) is 0 Å². The highest BCUT2D eigenvalue weighted by Crippen LogP contribution is 2.37. The van der Waals surface area contributed by atoms with Crippen LogP contribution >= 0.6 is 0 Å². The van der Waals surface area contributed by atoms with Crippen LogP contribution in [0, 0.1) is 5.82 Å². The largest absolute Gasteiger partial charge is 0.418 e. The predicted molar refractivity (Wildman–Crippen MR) is 125 cm³/mol. The highest BCUT2D eigenvalue weighted by molar-refractivity contribution is 6.06. The molecule has 1 heterocycles. The number of alkyl halides is 3. The van der Waals surface area contributed by atoms with E-state index in [0.29, 0.717) is 31.1 Å². The fourth-order valence-electron chi connectivity index (χ4n) is 3.91. The SMILES string of the molecule is O=C(Nc1ccc(NC(=O)c2ccccc2F)cc1C(F)(F)F)c1cccc(CN2CCCC2=O)c1. The van der Waals surface area contributed by atoms with Gasteiger partial charge in [0.05, 0.1) is 16.8 Å². The third-order valence-corrected chi connectivity index (χ3v) is 5.68. The Labute approximate surface area is 203 Å². The fraction of sp³-hybridized carbons (Fsp3) is 0.192. The summed E-state index contributed by atoms with van der Waals surface area (Å²) < 4.78 is 55.2. The third-order valence-electron chi connectivity index (χ3n) is 5.68. The van der Waals surface area contributed by atoms with Crippen molar-refractivity contribution in [3.05, 3.63) is 94.8 Å². The van der Waals surface area contributed by atoms with Gasteiger partial charge in [-0.1, -0.05) is 24.3 Å². The molecular formula is C26H21F4N3O3. The Morgan fingerprint density at radius 3 is 2.39 bits per heavy atom. The van der Waals surface area contributed by atoms with Crippen LogP contribution in [0.15, 0.2) is 66.7 Å². The lowest BCUT2D eigenvalue weighted by atomic mass is 10.1. The number of hydrogen-bond acceptors (Lipinski definition) is 3. The van der Waals surface area contributed by atoms with Gasteiger partial charge in [-0.25, -0.2) is 4.39 Å². The molecular weight excluding hydrogens is 478 g/mol. The number of nitrogens with zero attached hydrogens (tertiary/aromatic N) is 1. The number of carbonyl (C=O) groups excluding carboxylic acids is 3. The molecule has 0 spiro atoms. The summed E-state index contributed by atoms with van der Waals surface area (Å²) >= 11 is 0. The van der Waals surface area contributed by atoms with Gasteiger partial charge in [-0.05, 0) is 54.4 Å². The average molecular weight is 499 g/mol. The average Bonchev–Trinajstić information content (AvgIpc) is 3.24. The van der Waals surface area contributed by atoms with E-state index in [1.165, 1.54) is 36.4 Å². The normalized spacial score (nSPS) is 13.6. The van der Waals surface area contributed by atoms with Crippen molar-refractivity contribution in [1.29, 1.82) is 0 Å². The summed E-state index contributed by atoms with van der Waals surface area (Å²) in [6.45, 7) is 0.925. The molecule has 36 heavy (non-hydrogen) atoms. The smallest absolute Gasteiger partial charge is 0.338 e. The molecule has 1 fully saturated rings. The predicted octanol–water partition coefficient (Wildman–Crippen LogP) is 5.47. The monoisotopic (exact) mass is 499 g/mol. The van der Waals surface area contributed by atoms with Crippen LogP contribution in [0.2, 0.25) is 0 Å². The minimum Gasteiger partial charge on any atom is -0.338 e. The van der Waals surface area contributed by atoms with Crippen LogP contribution in [-0.4, -0.2) is 29.2 Å². The van der Waals surface area contributed by atoms with Crippen molar-refractivity contribution in [3.8, 4) is 0 Å². The molecule has 0 unspecified atom stereocenters. The standard InChI is InChI=1S/C26H21F4N3O3/c27-21-8-2-1-7-19(21)25(36)31-18-10-11-22(20(14-18)26(28,29)30)32-24(35)17-6-3-5-16(13-17)15-33-12-4-9-23(33)34/h1-3,5-8,10-11,13-14H,4,9,12,15H2,(H,31,36)(H,32,35). The van der Waals surface area contributed by atoms with Crippen LogP contribution in [0.4, 0.5) is 28.9 Å². The molecule has 10 heteroatoms. The van der Waals surface area contributed by atoms with Crippen molar-refractivity contribution in [2.45, 2.75) is 25.6 Å². The molecule has 0 bridgehead atoms. The third kappa shape index (κ3) is 5.70. The summed E-state index contributed by atoms with van der Waals surface area (Å²) in [5.41, 5.74) is -1.41. The van der Waals surface area contributed by atoms with Gasteiger partial charge in [0.25, 0.3) is 11.8 Å². The van der Waals surface area contributed by atoms with Gasteiger partial charge in [0.15, 0.2) is 0 Å². The van der Waals surface area contributed by atoms with E-state index < -0.39 is 35.1 Å². The Hall–Kier alpha value is -4.21. The Bertz CT molecular complexity index is 1320. The molecule has 0 atom stereocenters. The van der Waals surface area contributed by atoms with E-state index >= 15 is 0 Å². The summed E-state index contributed by atoms with van der Waals surface area (Å²) in [5, 5.41) is 4.52. The number of hydrogen-bond donors (Lipinski definition) is 2. The van der Waals surface area contributed by atoms with E-state index in [4.69, 9.17) is 0 Å². The summed E-state index contributed by atoms with van der Waals surface area (Å²) in [6.07, 6.45) is -3.62. The van der Waals surface area contributed by atoms with Crippen molar-refractivity contribution in [2.75, 3.05) is 17.2 Å². The number of likely N-dealkylation sites (tertiary alicyclic amines) is 1. The van der Waals surface area contributed by atoms with Gasteiger partial charge >= 0.3 is 6.18 Å². The maximum absolute atomic E-state index is 13.8. The van der Waals surface area contributed by atoms with Crippen molar-refractivity contribution < 1.29 is 31.9 Å². The molecule has 0 aliphatic carbocycles. The van der Waals surface area contributed by atoms with E-state index in [1.807, 2.05) is 0 Å². The Morgan fingerprint density at radius 1 is 0.917 bits per heavy atom. The number of rotatable bonds is 6. The van der Waals surface area contributed by atoms with Crippen LogP contribution in [0.3, 0.4) is 0 Å². The Kier molecular flexibility index (Phi) is 7.05. The number of halogens is 4. The molecule has 3 amide bonds. The molecule has 3 aromatic carbocycles. The first-order chi connectivity index (χ1) is 17.1. The van der Waals surface area contributed by atoms with E-state index in [1.54, 1.807) is 17.0 Å². The zero-order chi connectivity index (χ0) is 25.9. The van der Waals surface area contributed by atoms with E-state index in [9.17, 15) is 31.9 Å². The molecule has 4 rings (SSSR count). The molecule has 186 valence electrons. The van der Waals surface area contributed by atoms with Gasteiger partial charge in [-0.15, -0.1) is 0 Å². The summed E-state index contributed by atoms with van der Waals surface area (Å²) in [6, 6.07) is 14.3. The van der Waals surface area contributed by atoms with Gasteiger partial charge in [-0.3, -0.25) is 14.4 Å². The Balaban J connectivity index is 1.53. The molecule has 3 aromatic rings. The lowest BCUT2D eigenvalue weighted by Gasteiger charge is -2.17. The first kappa shape index (κ1) is 24.9. The first-order valence-corrected chi connectivity index (χ1v) is 11.1. The molecule has 6 nitrogen and oxygen atoms in total. The van der Waals surface area contributed by atoms with Gasteiger partial charge in [0, 0.05) is 30.8 Å². The van der Waals surface area contributed by atoms with Crippen LogP contribution in [-0.2, 0) is 17.5 Å². The lowest BCUT2D eigenvalue weighted by Crippen LogP contribution is -2.24. The quantitative estimate of drug-likeness (QED) is 0.442. The van der Waals surface area contributed by atoms with E-state index in [0.717, 1.165) is 18.6 Å². The second kappa shape index (κ2) is 10.2. The molecule has 2 N–H and O–H groups in total. The topological polar surface area (TPSA) is 78.5 Å². The first-order valence-electron chi connectivity index (χ1n) is 11.1. The number of amides is 3. The van der Waals surface area contributed by atoms with Gasteiger partial charge in [-0.2, -0.15) is 13.2 Å². The molecule has 0 radical (unpaired) electrons. The van der Waals surface area contributed by atoms with Crippen LogP contribution in [0.25, 0.3) is 0 Å². The molecule has 1 saturated heterocycles. The number of anilines is 2. The molecule has 0 saturated carbocycles. The van der Waals surface area contributed by atoms with Crippen LogP contribution in [0.5, 0.6) is 0 Å². The Morgan fingerprint density at radius 2 is 1.69 bits per heavy atom. The summed E-state index contributed by atoms with van der Waals surface area (Å²) in [7, 11) is 0. The minimum atomic E-state index is -4.85. The zero-order valence-electron chi connectivity index (χ0n) is 18.9. The molecule has 1 aliphatic rings. The molecule has 0 aromatic heterocycles. The van der Waals surface area contributed by atoms with E-state index in [2.05, 4.69) is 10.6 Å². The van der Waals surface area contributed by atoms with Crippen LogP contribution in [0.1, 0.15) is 44.7 Å². The lowest BCUT2D eigenvalue weighted by molar-refractivity contribution is -0.137. The van der Waals surface area contributed by atoms with Gasteiger partial charge in [0.2, 0.25) is 5.91 Å². The van der Waals surface area contributed by atoms with Crippen LogP contribution < -0.4 is 10.6 Å². The summed E-state index contributed by atoms with van der Waals surface area (Å²) in [4.78, 5) is 38.6. The van der Waals surface area contributed by atoms with Crippen molar-refractivity contribution in [1.82, 2.24) is 4.90 Å². The fourth-order valence-corrected chi connectivity index (χ4v) is 3.91. The second-order valence-electron chi connectivity index (χ2n) is 8.27. The number of nitrogens with one attached hydrogen (secondary N) is 2. The summed E-state index contributed by atoms with van der Waals surface area (Å²) in [5.74, 6) is -2.47. The molecule has 1 aliphatic heterocycles. The van der Waals surface area contributed by atoms with Crippen molar-refractivity contribution in [2.24, 2.45) is 0 Å². The highest BCUT2D eigenvalue weighted by atomic mass is 19.4.